The van der Waals surface area contributed by atoms with E-state index in [0.717, 1.165) is 24.0 Å². The van der Waals surface area contributed by atoms with E-state index in [1.807, 2.05) is 31.2 Å². The molecule has 0 radical (unpaired) electrons. The van der Waals surface area contributed by atoms with Crippen LogP contribution in [0, 0.1) is 0 Å². The minimum Gasteiger partial charge on any atom is -0.378 e. The molecular formula is C15H24N2O3S. The Balaban J connectivity index is 2.02. The Kier molecular flexibility index (Phi) is 5.75. The standard InChI is InChI=1S/C15H24N2O3S/c1-2-20-15-7-9-17(10-8-15)21(18,19)12-14-6-4-3-5-13(14)11-16/h3-6,15H,2,7-12,16H2,1H3. The molecule has 0 aliphatic carbocycles. The van der Waals surface area contributed by atoms with Crippen molar-refractivity contribution in [2.24, 2.45) is 5.73 Å². The minimum atomic E-state index is -3.29. The first-order valence-electron chi connectivity index (χ1n) is 7.43. The number of piperidine rings is 1. The van der Waals surface area contributed by atoms with Crippen LogP contribution in [0.4, 0.5) is 0 Å². The van der Waals surface area contributed by atoms with E-state index < -0.39 is 10.0 Å². The van der Waals surface area contributed by atoms with E-state index in [2.05, 4.69) is 0 Å². The minimum absolute atomic E-state index is 0.0275. The predicted octanol–water partition coefficient (Wildman–Crippen LogP) is 1.48. The zero-order chi connectivity index (χ0) is 15.3. The van der Waals surface area contributed by atoms with Gasteiger partial charge in [-0.15, -0.1) is 0 Å². The molecule has 0 saturated carbocycles. The molecule has 1 fully saturated rings. The molecule has 0 unspecified atom stereocenters. The lowest BCUT2D eigenvalue weighted by molar-refractivity contribution is 0.0290. The monoisotopic (exact) mass is 312 g/mol. The van der Waals surface area contributed by atoms with E-state index >= 15 is 0 Å². The lowest BCUT2D eigenvalue weighted by Gasteiger charge is -2.31. The van der Waals surface area contributed by atoms with Gasteiger partial charge in [0.1, 0.15) is 0 Å². The van der Waals surface area contributed by atoms with Crippen LogP contribution < -0.4 is 5.73 Å². The van der Waals surface area contributed by atoms with Crippen molar-refractivity contribution >= 4 is 10.0 Å². The number of nitrogens with two attached hydrogens (primary N) is 1. The maximum absolute atomic E-state index is 12.5. The molecule has 118 valence electrons. The summed E-state index contributed by atoms with van der Waals surface area (Å²) in [5.74, 6) is 0.0275. The third kappa shape index (κ3) is 4.26. The molecule has 1 heterocycles. The summed E-state index contributed by atoms with van der Waals surface area (Å²) >= 11 is 0. The molecule has 0 bridgehead atoms. The van der Waals surface area contributed by atoms with Gasteiger partial charge in [-0.05, 0) is 30.9 Å². The average Bonchev–Trinajstić information content (AvgIpc) is 2.48. The van der Waals surface area contributed by atoms with Gasteiger partial charge >= 0.3 is 0 Å². The second-order valence-corrected chi connectivity index (χ2v) is 7.25. The highest BCUT2D eigenvalue weighted by Crippen LogP contribution is 2.20. The van der Waals surface area contributed by atoms with Crippen LogP contribution in [0.25, 0.3) is 0 Å². The zero-order valence-electron chi connectivity index (χ0n) is 12.5. The normalized spacial score (nSPS) is 18.0. The van der Waals surface area contributed by atoms with Crippen molar-refractivity contribution in [2.45, 2.75) is 38.2 Å². The topological polar surface area (TPSA) is 72.6 Å². The third-order valence-corrected chi connectivity index (χ3v) is 5.70. The maximum atomic E-state index is 12.5. The molecule has 1 aliphatic heterocycles. The summed E-state index contributed by atoms with van der Waals surface area (Å²) in [7, 11) is -3.29. The van der Waals surface area contributed by atoms with Crippen LogP contribution in [0.3, 0.4) is 0 Å². The summed E-state index contributed by atoms with van der Waals surface area (Å²) in [5, 5.41) is 0. The van der Waals surface area contributed by atoms with Crippen molar-refractivity contribution < 1.29 is 13.2 Å². The summed E-state index contributed by atoms with van der Waals surface area (Å²) in [4.78, 5) is 0. The Morgan fingerprint density at radius 2 is 1.86 bits per heavy atom. The Hall–Kier alpha value is -0.950. The number of ether oxygens (including phenoxy) is 1. The first-order chi connectivity index (χ1) is 10.1. The predicted molar refractivity (Wildman–Crippen MR) is 83.2 cm³/mol. The lowest BCUT2D eigenvalue weighted by Crippen LogP contribution is -2.41. The van der Waals surface area contributed by atoms with Gasteiger partial charge in [0.15, 0.2) is 0 Å². The molecule has 1 aromatic rings. The Morgan fingerprint density at radius 3 is 2.43 bits per heavy atom. The van der Waals surface area contributed by atoms with Crippen LogP contribution >= 0.6 is 0 Å². The third-order valence-electron chi connectivity index (χ3n) is 3.87. The fourth-order valence-corrected chi connectivity index (χ4v) is 4.32. The van der Waals surface area contributed by atoms with Crippen molar-refractivity contribution in [1.82, 2.24) is 4.31 Å². The second-order valence-electron chi connectivity index (χ2n) is 5.28. The number of sulfonamides is 1. The highest BCUT2D eigenvalue weighted by Gasteiger charge is 2.28. The molecule has 1 aromatic carbocycles. The largest absolute Gasteiger partial charge is 0.378 e. The number of rotatable bonds is 6. The highest BCUT2D eigenvalue weighted by molar-refractivity contribution is 7.88. The van der Waals surface area contributed by atoms with Crippen LogP contribution in [0.5, 0.6) is 0 Å². The molecule has 1 aliphatic rings. The molecule has 21 heavy (non-hydrogen) atoms. The van der Waals surface area contributed by atoms with Crippen molar-refractivity contribution in [1.29, 1.82) is 0 Å². The maximum Gasteiger partial charge on any atom is 0.218 e. The molecule has 2 N–H and O–H groups in total. The van der Waals surface area contributed by atoms with Crippen molar-refractivity contribution in [2.75, 3.05) is 19.7 Å². The molecule has 1 saturated heterocycles. The van der Waals surface area contributed by atoms with E-state index in [1.165, 1.54) is 0 Å². The SMILES string of the molecule is CCOC1CCN(S(=O)(=O)Cc2ccccc2CN)CC1. The van der Waals surface area contributed by atoms with Crippen LogP contribution in [-0.2, 0) is 27.1 Å². The molecule has 0 aromatic heterocycles. The zero-order valence-corrected chi connectivity index (χ0v) is 13.3. The fraction of sp³-hybridized carbons (Fsp3) is 0.600. The van der Waals surface area contributed by atoms with Gasteiger partial charge in [-0.25, -0.2) is 12.7 Å². The van der Waals surface area contributed by atoms with E-state index in [1.54, 1.807) is 4.31 Å². The molecule has 0 amide bonds. The summed E-state index contributed by atoms with van der Waals surface area (Å²) < 4.78 is 32.2. The highest BCUT2D eigenvalue weighted by atomic mass is 32.2. The molecule has 6 heteroatoms. The van der Waals surface area contributed by atoms with Gasteiger partial charge < -0.3 is 10.5 Å². The van der Waals surface area contributed by atoms with Crippen molar-refractivity contribution in [3.8, 4) is 0 Å². The fourth-order valence-electron chi connectivity index (χ4n) is 2.70. The van der Waals surface area contributed by atoms with Crippen LogP contribution in [-0.4, -0.2) is 38.5 Å². The van der Waals surface area contributed by atoms with Gasteiger partial charge in [0, 0.05) is 26.2 Å². The molecule has 5 nitrogen and oxygen atoms in total. The van der Waals surface area contributed by atoms with Gasteiger partial charge in [-0.2, -0.15) is 0 Å². The van der Waals surface area contributed by atoms with Crippen LogP contribution in [0.1, 0.15) is 30.9 Å². The molecule has 0 spiro atoms. The van der Waals surface area contributed by atoms with Crippen LogP contribution in [0.2, 0.25) is 0 Å². The molecular weight excluding hydrogens is 288 g/mol. The van der Waals surface area contributed by atoms with Crippen molar-refractivity contribution in [3.05, 3.63) is 35.4 Å². The second kappa shape index (κ2) is 7.35. The molecule has 0 atom stereocenters. The van der Waals surface area contributed by atoms with E-state index in [4.69, 9.17) is 10.5 Å². The van der Waals surface area contributed by atoms with E-state index in [9.17, 15) is 8.42 Å². The number of nitrogens with zero attached hydrogens (tertiary/aromatic N) is 1. The van der Waals surface area contributed by atoms with Gasteiger partial charge in [0.05, 0.1) is 11.9 Å². The first kappa shape index (κ1) is 16.4. The van der Waals surface area contributed by atoms with Gasteiger partial charge in [0.2, 0.25) is 10.0 Å². The van der Waals surface area contributed by atoms with Gasteiger partial charge in [-0.3, -0.25) is 0 Å². The Morgan fingerprint density at radius 1 is 1.24 bits per heavy atom. The van der Waals surface area contributed by atoms with Gasteiger partial charge in [0.25, 0.3) is 0 Å². The van der Waals surface area contributed by atoms with Crippen LogP contribution in [0.15, 0.2) is 24.3 Å². The summed E-state index contributed by atoms with van der Waals surface area (Å²) in [5.41, 5.74) is 7.37. The van der Waals surface area contributed by atoms with Crippen molar-refractivity contribution in [3.63, 3.8) is 0 Å². The number of hydrogen-bond acceptors (Lipinski definition) is 4. The number of hydrogen-bond donors (Lipinski definition) is 1. The number of benzene rings is 1. The summed E-state index contributed by atoms with van der Waals surface area (Å²) in [6.07, 6.45) is 1.73. The molecule has 2 rings (SSSR count). The van der Waals surface area contributed by atoms with E-state index in [0.29, 0.717) is 26.2 Å². The van der Waals surface area contributed by atoms with Gasteiger partial charge in [-0.1, -0.05) is 24.3 Å². The Labute approximate surface area is 127 Å². The average molecular weight is 312 g/mol. The summed E-state index contributed by atoms with van der Waals surface area (Å²) in [6.45, 7) is 4.09. The van der Waals surface area contributed by atoms with E-state index in [-0.39, 0.29) is 11.9 Å². The first-order valence-corrected chi connectivity index (χ1v) is 9.04. The Bertz CT molecular complexity index is 552. The smallest absolute Gasteiger partial charge is 0.218 e. The summed E-state index contributed by atoms with van der Waals surface area (Å²) in [6, 6.07) is 7.45. The quantitative estimate of drug-likeness (QED) is 0.863. The lowest BCUT2D eigenvalue weighted by atomic mass is 10.1.